The van der Waals surface area contributed by atoms with Crippen LogP contribution in [0.1, 0.15) is 10.4 Å². The summed E-state index contributed by atoms with van der Waals surface area (Å²) in [6.07, 6.45) is 1.51. The van der Waals surface area contributed by atoms with Crippen molar-refractivity contribution in [2.45, 2.75) is 0 Å². The molecular formula is C14H13NO5. The first kappa shape index (κ1) is 13.7. The molecule has 1 N–H and O–H groups in total. The Kier molecular flexibility index (Phi) is 4.05. The summed E-state index contributed by atoms with van der Waals surface area (Å²) in [5, 5.41) is 9.19. The number of methoxy groups -OCH3 is 2. The van der Waals surface area contributed by atoms with Crippen LogP contribution in [0.3, 0.4) is 0 Å². The molecule has 1 aromatic carbocycles. The smallest absolute Gasteiger partial charge is 0.339 e. The molecule has 0 atom stereocenters. The molecule has 1 heterocycles. The third kappa shape index (κ3) is 2.97. The van der Waals surface area contributed by atoms with Gasteiger partial charge in [0.05, 0.1) is 14.2 Å². The highest BCUT2D eigenvalue weighted by molar-refractivity contribution is 5.91. The van der Waals surface area contributed by atoms with Gasteiger partial charge in [0.2, 0.25) is 5.88 Å². The van der Waals surface area contributed by atoms with Gasteiger partial charge in [-0.25, -0.2) is 9.78 Å². The van der Waals surface area contributed by atoms with Crippen molar-refractivity contribution in [1.82, 2.24) is 4.98 Å². The van der Waals surface area contributed by atoms with Crippen LogP contribution in [0.25, 0.3) is 0 Å². The van der Waals surface area contributed by atoms with E-state index in [1.807, 2.05) is 0 Å². The maximum atomic E-state index is 11.2. The van der Waals surface area contributed by atoms with Crippen LogP contribution in [-0.4, -0.2) is 30.3 Å². The highest BCUT2D eigenvalue weighted by atomic mass is 16.5. The van der Waals surface area contributed by atoms with Crippen LogP contribution in [0.2, 0.25) is 0 Å². The predicted octanol–water partition coefficient (Wildman–Crippen LogP) is 2.59. The third-order valence-electron chi connectivity index (χ3n) is 2.56. The van der Waals surface area contributed by atoms with E-state index in [4.69, 9.17) is 14.2 Å². The molecule has 2 aromatic rings. The molecule has 0 radical (unpaired) electrons. The van der Waals surface area contributed by atoms with Gasteiger partial charge in [0, 0.05) is 12.3 Å². The first-order chi connectivity index (χ1) is 9.63. The number of hydrogen-bond acceptors (Lipinski definition) is 5. The molecule has 0 aliphatic heterocycles. The monoisotopic (exact) mass is 275 g/mol. The van der Waals surface area contributed by atoms with E-state index in [9.17, 15) is 9.90 Å². The van der Waals surface area contributed by atoms with E-state index in [1.54, 1.807) is 18.2 Å². The van der Waals surface area contributed by atoms with Gasteiger partial charge in [-0.2, -0.15) is 0 Å². The number of hydrogen-bond donors (Lipinski definition) is 1. The van der Waals surface area contributed by atoms with E-state index in [1.165, 1.54) is 32.5 Å². The summed E-state index contributed by atoms with van der Waals surface area (Å²) in [4.78, 5) is 15.2. The lowest BCUT2D eigenvalue weighted by atomic mass is 10.2. The second-order valence-electron chi connectivity index (χ2n) is 3.80. The van der Waals surface area contributed by atoms with Crippen LogP contribution in [0, 0.1) is 0 Å². The summed E-state index contributed by atoms with van der Waals surface area (Å²) in [6.45, 7) is 0. The van der Waals surface area contributed by atoms with Crippen LogP contribution < -0.4 is 14.2 Å². The predicted molar refractivity (Wildman–Crippen MR) is 70.8 cm³/mol. The number of aromatic nitrogens is 1. The Balaban J connectivity index is 2.34. The van der Waals surface area contributed by atoms with Crippen LogP contribution in [0.5, 0.6) is 23.1 Å². The second-order valence-corrected chi connectivity index (χ2v) is 3.80. The number of nitrogens with zero attached hydrogens (tertiary/aromatic N) is 1. The van der Waals surface area contributed by atoms with Crippen molar-refractivity contribution in [2.75, 3.05) is 14.2 Å². The summed E-state index contributed by atoms with van der Waals surface area (Å²) in [6, 6.07) is 7.74. The molecule has 0 unspecified atom stereocenters. The fourth-order valence-corrected chi connectivity index (χ4v) is 1.59. The van der Waals surface area contributed by atoms with Crippen LogP contribution in [-0.2, 0) is 0 Å². The number of benzene rings is 1. The van der Waals surface area contributed by atoms with Crippen molar-refractivity contribution < 1.29 is 24.1 Å². The minimum atomic E-state index is -1.10. The van der Waals surface area contributed by atoms with Crippen molar-refractivity contribution in [2.24, 2.45) is 0 Å². The molecular weight excluding hydrogens is 262 g/mol. The van der Waals surface area contributed by atoms with Crippen LogP contribution >= 0.6 is 0 Å². The van der Waals surface area contributed by atoms with Crippen LogP contribution in [0.4, 0.5) is 0 Å². The molecule has 20 heavy (non-hydrogen) atoms. The van der Waals surface area contributed by atoms with Crippen molar-refractivity contribution in [3.05, 3.63) is 42.1 Å². The third-order valence-corrected chi connectivity index (χ3v) is 2.56. The van der Waals surface area contributed by atoms with Crippen molar-refractivity contribution in [3.8, 4) is 23.1 Å². The number of carboxylic acids is 1. The van der Waals surface area contributed by atoms with Gasteiger partial charge in [0.15, 0.2) is 0 Å². The van der Waals surface area contributed by atoms with E-state index >= 15 is 0 Å². The molecule has 0 saturated carbocycles. The van der Waals surface area contributed by atoms with Gasteiger partial charge in [-0.05, 0) is 24.3 Å². The normalized spacial score (nSPS) is 9.90. The number of carbonyl (C=O) groups is 1. The Morgan fingerprint density at radius 2 is 1.90 bits per heavy atom. The zero-order valence-electron chi connectivity index (χ0n) is 11.0. The van der Waals surface area contributed by atoms with Gasteiger partial charge in [-0.3, -0.25) is 0 Å². The van der Waals surface area contributed by atoms with E-state index in [0.717, 1.165) is 0 Å². The Hall–Kier alpha value is -2.76. The Morgan fingerprint density at radius 3 is 2.55 bits per heavy atom. The summed E-state index contributed by atoms with van der Waals surface area (Å²) >= 11 is 0. The minimum Gasteiger partial charge on any atom is -0.497 e. The SMILES string of the molecule is COc1ccc(Oc2ccnc(OC)c2)c(C(=O)O)c1. The van der Waals surface area contributed by atoms with Crippen molar-refractivity contribution >= 4 is 5.97 Å². The molecule has 104 valence electrons. The zero-order chi connectivity index (χ0) is 14.5. The average Bonchev–Trinajstić information content (AvgIpc) is 2.47. The second kappa shape index (κ2) is 5.92. The first-order valence-electron chi connectivity index (χ1n) is 5.73. The summed E-state index contributed by atoms with van der Waals surface area (Å²) in [5.74, 6) is 0.380. The van der Waals surface area contributed by atoms with Crippen LogP contribution in [0.15, 0.2) is 36.5 Å². The zero-order valence-corrected chi connectivity index (χ0v) is 11.0. The Labute approximate surface area is 115 Å². The summed E-state index contributed by atoms with van der Waals surface area (Å²) in [7, 11) is 2.96. The van der Waals surface area contributed by atoms with Gasteiger partial charge in [-0.1, -0.05) is 0 Å². The molecule has 0 amide bonds. The number of aromatic carboxylic acids is 1. The summed E-state index contributed by atoms with van der Waals surface area (Å²) < 4.78 is 15.5. The van der Waals surface area contributed by atoms with Gasteiger partial charge in [0.25, 0.3) is 0 Å². The molecule has 2 rings (SSSR count). The Bertz CT molecular complexity index is 627. The lowest BCUT2D eigenvalue weighted by Gasteiger charge is -2.10. The Morgan fingerprint density at radius 1 is 1.10 bits per heavy atom. The fraction of sp³-hybridized carbons (Fsp3) is 0.143. The lowest BCUT2D eigenvalue weighted by molar-refractivity contribution is 0.0693. The van der Waals surface area contributed by atoms with Crippen molar-refractivity contribution in [3.63, 3.8) is 0 Å². The van der Waals surface area contributed by atoms with Gasteiger partial charge in [0.1, 0.15) is 22.8 Å². The van der Waals surface area contributed by atoms with Crippen molar-refractivity contribution in [1.29, 1.82) is 0 Å². The molecule has 0 aliphatic carbocycles. The van der Waals surface area contributed by atoms with E-state index in [0.29, 0.717) is 17.4 Å². The molecule has 1 aromatic heterocycles. The average molecular weight is 275 g/mol. The molecule has 0 bridgehead atoms. The van der Waals surface area contributed by atoms with E-state index < -0.39 is 5.97 Å². The number of pyridine rings is 1. The number of ether oxygens (including phenoxy) is 3. The quantitative estimate of drug-likeness (QED) is 0.903. The molecule has 0 fully saturated rings. The number of carboxylic acid groups (broad SMARTS) is 1. The molecule has 0 aliphatic rings. The fourth-order valence-electron chi connectivity index (χ4n) is 1.59. The topological polar surface area (TPSA) is 77.9 Å². The van der Waals surface area contributed by atoms with E-state index in [-0.39, 0.29) is 11.3 Å². The first-order valence-corrected chi connectivity index (χ1v) is 5.73. The maximum absolute atomic E-state index is 11.2. The number of rotatable bonds is 5. The minimum absolute atomic E-state index is 0.0140. The molecule has 6 nitrogen and oxygen atoms in total. The molecule has 0 saturated heterocycles. The highest BCUT2D eigenvalue weighted by Gasteiger charge is 2.14. The lowest BCUT2D eigenvalue weighted by Crippen LogP contribution is -2.01. The largest absolute Gasteiger partial charge is 0.497 e. The molecule has 6 heteroatoms. The van der Waals surface area contributed by atoms with E-state index in [2.05, 4.69) is 4.98 Å². The maximum Gasteiger partial charge on any atom is 0.339 e. The van der Waals surface area contributed by atoms with Gasteiger partial charge >= 0.3 is 5.97 Å². The van der Waals surface area contributed by atoms with Gasteiger partial charge in [-0.15, -0.1) is 0 Å². The highest BCUT2D eigenvalue weighted by Crippen LogP contribution is 2.29. The van der Waals surface area contributed by atoms with Gasteiger partial charge < -0.3 is 19.3 Å². The molecule has 0 spiro atoms. The summed E-state index contributed by atoms with van der Waals surface area (Å²) in [5.41, 5.74) is 0.0140. The standard InChI is InChI=1S/C14H13NO5/c1-18-9-3-4-12(11(7-9)14(16)17)20-10-5-6-15-13(8-10)19-2/h3-8H,1-2H3,(H,16,17).